The van der Waals surface area contributed by atoms with Crippen LogP contribution in [0.25, 0.3) is 0 Å². The van der Waals surface area contributed by atoms with Crippen molar-refractivity contribution in [2.45, 2.75) is 44.2 Å². The highest BCUT2D eigenvalue weighted by Crippen LogP contribution is 2.25. The second-order valence-corrected chi connectivity index (χ2v) is 7.20. The molecule has 1 amide bonds. The molecular formula is C17H24N2O2S. The zero-order valence-electron chi connectivity index (χ0n) is 12.9. The third kappa shape index (κ3) is 4.23. The fraction of sp³-hybridized carbons (Fsp3) is 0.647. The summed E-state index contributed by atoms with van der Waals surface area (Å²) in [5.74, 6) is 2.53. The summed E-state index contributed by atoms with van der Waals surface area (Å²) in [5, 5.41) is 0. The molecule has 3 rings (SSSR count). The number of hydrogen-bond acceptors (Lipinski definition) is 4. The van der Waals surface area contributed by atoms with E-state index in [0.29, 0.717) is 12.5 Å². The van der Waals surface area contributed by atoms with E-state index in [1.54, 1.807) is 12.4 Å². The fourth-order valence-corrected chi connectivity index (χ4v) is 4.40. The lowest BCUT2D eigenvalue weighted by Gasteiger charge is -2.31. The molecule has 5 heteroatoms. The highest BCUT2D eigenvalue weighted by molar-refractivity contribution is 7.99. The Labute approximate surface area is 136 Å². The van der Waals surface area contributed by atoms with Crippen molar-refractivity contribution in [3.63, 3.8) is 0 Å². The largest absolute Gasteiger partial charge is 0.376 e. The van der Waals surface area contributed by atoms with Gasteiger partial charge in [-0.3, -0.25) is 9.78 Å². The van der Waals surface area contributed by atoms with E-state index >= 15 is 0 Å². The van der Waals surface area contributed by atoms with Crippen molar-refractivity contribution in [2.24, 2.45) is 0 Å². The number of amides is 1. The topological polar surface area (TPSA) is 42.4 Å². The van der Waals surface area contributed by atoms with Crippen LogP contribution < -0.4 is 0 Å². The van der Waals surface area contributed by atoms with Gasteiger partial charge in [-0.25, -0.2) is 0 Å². The molecular weight excluding hydrogens is 296 g/mol. The van der Waals surface area contributed by atoms with E-state index in [9.17, 15) is 4.79 Å². The summed E-state index contributed by atoms with van der Waals surface area (Å²) in [6.45, 7) is 1.63. The predicted octanol–water partition coefficient (Wildman–Crippen LogP) is 2.53. The number of carbonyl (C=O) groups excluding carboxylic acids is 1. The maximum Gasteiger partial charge on any atom is 0.223 e. The molecule has 1 aromatic heterocycles. The van der Waals surface area contributed by atoms with E-state index in [4.69, 9.17) is 4.74 Å². The van der Waals surface area contributed by atoms with Gasteiger partial charge in [0.25, 0.3) is 0 Å². The molecule has 2 saturated heterocycles. The molecule has 2 aliphatic rings. The van der Waals surface area contributed by atoms with Gasteiger partial charge in [0.15, 0.2) is 0 Å². The Balaban J connectivity index is 1.58. The van der Waals surface area contributed by atoms with Gasteiger partial charge in [0, 0.05) is 43.8 Å². The molecule has 0 bridgehead atoms. The van der Waals surface area contributed by atoms with Crippen molar-refractivity contribution < 1.29 is 9.53 Å². The first kappa shape index (κ1) is 15.8. The summed E-state index contributed by atoms with van der Waals surface area (Å²) >= 11 is 1.96. The molecule has 1 aromatic rings. The van der Waals surface area contributed by atoms with E-state index < -0.39 is 0 Å². The lowest BCUT2D eigenvalue weighted by Crippen LogP contribution is -2.44. The second kappa shape index (κ2) is 7.97. The van der Waals surface area contributed by atoms with Gasteiger partial charge in [-0.15, -0.1) is 0 Å². The second-order valence-electron chi connectivity index (χ2n) is 6.05. The van der Waals surface area contributed by atoms with Crippen LogP contribution in [0.2, 0.25) is 0 Å². The Hall–Kier alpha value is -1.07. The molecule has 0 aromatic carbocycles. The first-order chi connectivity index (χ1) is 10.8. The fourth-order valence-electron chi connectivity index (χ4n) is 3.17. The van der Waals surface area contributed by atoms with Crippen molar-refractivity contribution in [2.75, 3.05) is 24.7 Å². The van der Waals surface area contributed by atoms with Crippen LogP contribution in [0.1, 0.15) is 31.2 Å². The molecule has 2 atom stereocenters. The first-order valence-electron chi connectivity index (χ1n) is 8.20. The maximum absolute atomic E-state index is 12.7. The van der Waals surface area contributed by atoms with Crippen LogP contribution in [0.15, 0.2) is 24.5 Å². The minimum atomic E-state index is 0.246. The van der Waals surface area contributed by atoms with Crippen LogP contribution >= 0.6 is 11.8 Å². The Morgan fingerprint density at radius 3 is 2.91 bits per heavy atom. The quantitative estimate of drug-likeness (QED) is 0.808. The van der Waals surface area contributed by atoms with Crippen LogP contribution in [-0.2, 0) is 16.0 Å². The summed E-state index contributed by atoms with van der Waals surface area (Å²) in [6, 6.07) is 4.38. The molecule has 2 aliphatic heterocycles. The molecule has 22 heavy (non-hydrogen) atoms. The highest BCUT2D eigenvalue weighted by Gasteiger charge is 2.30. The summed E-state index contributed by atoms with van der Waals surface area (Å²) in [5.41, 5.74) is 1.18. The van der Waals surface area contributed by atoms with Gasteiger partial charge < -0.3 is 9.64 Å². The van der Waals surface area contributed by atoms with Crippen LogP contribution in [0.4, 0.5) is 0 Å². The minimum Gasteiger partial charge on any atom is -0.376 e. The number of carbonyl (C=O) groups is 1. The monoisotopic (exact) mass is 320 g/mol. The normalized spacial score (nSPS) is 24.5. The average Bonchev–Trinajstić information content (AvgIpc) is 3.24. The molecule has 3 heterocycles. The van der Waals surface area contributed by atoms with Gasteiger partial charge in [-0.05, 0) is 49.1 Å². The number of nitrogens with zero attached hydrogens (tertiary/aromatic N) is 2. The highest BCUT2D eigenvalue weighted by atomic mass is 32.2. The molecule has 2 fully saturated rings. The molecule has 0 spiro atoms. The van der Waals surface area contributed by atoms with Gasteiger partial charge >= 0.3 is 0 Å². The summed E-state index contributed by atoms with van der Waals surface area (Å²) in [4.78, 5) is 18.9. The van der Waals surface area contributed by atoms with Crippen molar-refractivity contribution in [1.82, 2.24) is 9.88 Å². The Kier molecular flexibility index (Phi) is 5.73. The molecule has 120 valence electrons. The lowest BCUT2D eigenvalue weighted by atomic mass is 10.1. The summed E-state index contributed by atoms with van der Waals surface area (Å²) in [6.07, 6.45) is 8.54. The van der Waals surface area contributed by atoms with Crippen LogP contribution in [0, 0.1) is 0 Å². The Morgan fingerprint density at radius 1 is 1.36 bits per heavy atom. The van der Waals surface area contributed by atoms with Gasteiger partial charge in [0.05, 0.1) is 6.10 Å². The number of hydrogen-bond donors (Lipinski definition) is 0. The standard InChI is InChI=1S/C17H24N2O2S/c20-17(4-3-14-5-8-18-9-6-14)19(15-7-11-22-13-15)12-16-2-1-10-21-16/h5-6,8-9,15-16H,1-4,7,10-13H2/t15-,16-/m1/s1. The number of rotatable bonds is 6. The van der Waals surface area contributed by atoms with Crippen molar-refractivity contribution in [3.05, 3.63) is 30.1 Å². The number of aromatic nitrogens is 1. The number of pyridine rings is 1. The SMILES string of the molecule is O=C(CCc1ccncc1)N(C[C@H]1CCCO1)[C@@H]1CCSC1. The van der Waals surface area contributed by atoms with Gasteiger partial charge in [0.1, 0.15) is 0 Å². The van der Waals surface area contributed by atoms with Crippen LogP contribution in [-0.4, -0.2) is 52.6 Å². The number of thioether (sulfide) groups is 1. The van der Waals surface area contributed by atoms with E-state index in [0.717, 1.165) is 44.6 Å². The van der Waals surface area contributed by atoms with Crippen molar-refractivity contribution in [3.8, 4) is 0 Å². The Bertz CT molecular complexity index is 471. The number of ether oxygens (including phenoxy) is 1. The molecule has 0 radical (unpaired) electrons. The summed E-state index contributed by atoms with van der Waals surface area (Å²) < 4.78 is 5.75. The van der Waals surface area contributed by atoms with Gasteiger partial charge in [-0.2, -0.15) is 11.8 Å². The van der Waals surface area contributed by atoms with E-state index in [1.165, 1.54) is 11.3 Å². The van der Waals surface area contributed by atoms with Gasteiger partial charge in [0.2, 0.25) is 5.91 Å². The van der Waals surface area contributed by atoms with E-state index in [2.05, 4.69) is 9.88 Å². The molecule has 0 N–H and O–H groups in total. The van der Waals surface area contributed by atoms with Gasteiger partial charge in [-0.1, -0.05) is 0 Å². The average molecular weight is 320 g/mol. The Morgan fingerprint density at radius 2 is 2.23 bits per heavy atom. The lowest BCUT2D eigenvalue weighted by molar-refractivity contribution is -0.134. The third-order valence-corrected chi connectivity index (χ3v) is 5.61. The molecule has 0 aliphatic carbocycles. The minimum absolute atomic E-state index is 0.246. The van der Waals surface area contributed by atoms with E-state index in [-0.39, 0.29) is 12.0 Å². The maximum atomic E-state index is 12.7. The van der Waals surface area contributed by atoms with E-state index in [1.807, 2.05) is 23.9 Å². The molecule has 4 nitrogen and oxygen atoms in total. The summed E-state index contributed by atoms with van der Waals surface area (Å²) in [7, 11) is 0. The van der Waals surface area contributed by atoms with Crippen molar-refractivity contribution in [1.29, 1.82) is 0 Å². The molecule has 0 unspecified atom stereocenters. The zero-order valence-corrected chi connectivity index (χ0v) is 13.8. The van der Waals surface area contributed by atoms with Crippen LogP contribution in [0.5, 0.6) is 0 Å². The number of aryl methyl sites for hydroxylation is 1. The van der Waals surface area contributed by atoms with Crippen LogP contribution in [0.3, 0.4) is 0 Å². The first-order valence-corrected chi connectivity index (χ1v) is 9.36. The third-order valence-electron chi connectivity index (χ3n) is 4.47. The van der Waals surface area contributed by atoms with Crippen molar-refractivity contribution >= 4 is 17.7 Å². The predicted molar refractivity (Wildman–Crippen MR) is 89.0 cm³/mol. The molecule has 0 saturated carbocycles. The zero-order chi connectivity index (χ0) is 15.2. The smallest absolute Gasteiger partial charge is 0.223 e.